The minimum Gasteiger partial charge on any atom is -0.0888 e. The third kappa shape index (κ3) is 3.25. The van der Waals surface area contributed by atoms with Crippen LogP contribution in [-0.2, 0) is 5.41 Å². The summed E-state index contributed by atoms with van der Waals surface area (Å²) in [6.07, 6.45) is 7.18. The molecule has 0 amide bonds. The Morgan fingerprint density at radius 1 is 0.467 bits per heavy atom. The summed E-state index contributed by atoms with van der Waals surface area (Å²) < 4.78 is 0. The van der Waals surface area contributed by atoms with Gasteiger partial charge >= 0.3 is 0 Å². The van der Waals surface area contributed by atoms with Crippen LogP contribution in [-0.4, -0.2) is 0 Å². The predicted molar refractivity (Wildman–Crippen MR) is 188 cm³/mol. The molecule has 1 aliphatic heterocycles. The van der Waals surface area contributed by atoms with Crippen LogP contribution in [0.3, 0.4) is 0 Å². The molecule has 5 aliphatic carbocycles. The summed E-state index contributed by atoms with van der Waals surface area (Å²) in [7, 11) is 0. The predicted octanol–water partition coefficient (Wildman–Crippen LogP) is 12.0. The van der Waals surface area contributed by atoms with E-state index in [4.69, 9.17) is 0 Å². The first-order chi connectivity index (χ1) is 22.3. The maximum Gasteiger partial charge on any atom is 0.0272 e. The molecule has 1 heteroatoms. The van der Waals surface area contributed by atoms with E-state index in [9.17, 15) is 0 Å². The highest BCUT2D eigenvalue weighted by atomic mass is 32.2. The zero-order valence-corrected chi connectivity index (χ0v) is 26.1. The van der Waals surface area contributed by atoms with Crippen molar-refractivity contribution in [2.45, 2.75) is 47.3 Å². The molecular weight excluding hydrogens is 561 g/mol. The fourth-order valence-electron chi connectivity index (χ4n) is 11.1. The van der Waals surface area contributed by atoms with E-state index in [1.165, 1.54) is 97.2 Å². The second-order valence-corrected chi connectivity index (χ2v) is 15.5. The Morgan fingerprint density at radius 2 is 1.11 bits per heavy atom. The van der Waals surface area contributed by atoms with E-state index in [2.05, 4.69) is 121 Å². The van der Waals surface area contributed by atoms with Gasteiger partial charge in [-0.1, -0.05) is 115 Å². The first kappa shape index (κ1) is 25.2. The lowest BCUT2D eigenvalue weighted by atomic mass is 9.43. The number of rotatable bonds is 2. The van der Waals surface area contributed by atoms with Crippen LogP contribution in [0.1, 0.15) is 43.2 Å². The molecule has 1 heterocycles. The monoisotopic (exact) mass is 594 g/mol. The van der Waals surface area contributed by atoms with Gasteiger partial charge in [0.1, 0.15) is 0 Å². The van der Waals surface area contributed by atoms with E-state index >= 15 is 0 Å². The lowest BCUT2D eigenvalue weighted by Crippen LogP contribution is -2.55. The molecule has 216 valence electrons. The maximum absolute atomic E-state index is 2.53. The van der Waals surface area contributed by atoms with Crippen molar-refractivity contribution >= 4 is 22.5 Å². The summed E-state index contributed by atoms with van der Waals surface area (Å²) in [4.78, 5) is 2.71. The Hall–Kier alpha value is -4.07. The number of benzene rings is 6. The summed E-state index contributed by atoms with van der Waals surface area (Å²) >= 11 is 1.91. The molecule has 45 heavy (non-hydrogen) atoms. The largest absolute Gasteiger partial charge is 0.0888 e. The van der Waals surface area contributed by atoms with E-state index in [0.717, 1.165) is 23.7 Å². The first-order valence-corrected chi connectivity index (χ1v) is 17.8. The van der Waals surface area contributed by atoms with Gasteiger partial charge in [0.25, 0.3) is 0 Å². The lowest BCUT2D eigenvalue weighted by molar-refractivity contribution is -0.0399. The first-order valence-electron chi connectivity index (χ1n) is 16.9. The molecule has 0 aromatic heterocycles. The van der Waals surface area contributed by atoms with Gasteiger partial charge in [0.15, 0.2) is 0 Å². The number of hydrogen-bond acceptors (Lipinski definition) is 1. The molecule has 1 spiro atoms. The van der Waals surface area contributed by atoms with E-state index in [0.29, 0.717) is 0 Å². The van der Waals surface area contributed by atoms with Crippen molar-refractivity contribution in [1.29, 1.82) is 0 Å². The van der Waals surface area contributed by atoms with Gasteiger partial charge in [-0.15, -0.1) is 0 Å². The third-order valence-corrected chi connectivity index (χ3v) is 13.6. The summed E-state index contributed by atoms with van der Waals surface area (Å²) in [5.41, 5.74) is 14.6. The molecule has 6 aromatic carbocycles. The van der Waals surface area contributed by atoms with Gasteiger partial charge in [-0.05, 0) is 135 Å². The zero-order valence-electron chi connectivity index (χ0n) is 25.3. The van der Waals surface area contributed by atoms with Gasteiger partial charge in [-0.2, -0.15) is 0 Å². The summed E-state index contributed by atoms with van der Waals surface area (Å²) in [5, 5.41) is 2.72. The number of fused-ring (bicyclic) bond motifs is 5. The van der Waals surface area contributed by atoms with Crippen LogP contribution in [0.25, 0.3) is 55.3 Å². The van der Waals surface area contributed by atoms with E-state index < -0.39 is 0 Å². The van der Waals surface area contributed by atoms with Gasteiger partial charge in [0.05, 0.1) is 0 Å². The lowest BCUT2D eigenvalue weighted by Gasteiger charge is -2.61. The van der Waals surface area contributed by atoms with E-state index in [-0.39, 0.29) is 5.41 Å². The molecule has 0 N–H and O–H groups in total. The molecule has 4 saturated carbocycles. The minimum atomic E-state index is 0.194. The van der Waals surface area contributed by atoms with Crippen molar-refractivity contribution in [3.8, 4) is 44.5 Å². The molecule has 4 fully saturated rings. The topological polar surface area (TPSA) is 0 Å². The van der Waals surface area contributed by atoms with E-state index in [1.807, 2.05) is 11.8 Å². The molecule has 6 aromatic rings. The van der Waals surface area contributed by atoms with Gasteiger partial charge in [-0.25, -0.2) is 0 Å². The SMILES string of the molecule is c1ccc(-c2cccc3c2-c2ccccc2C32C3CC4CC(C3)CC2C4)c(-c2ccc3c(c2)-c2cccc4cccc(c24)S3)c1. The van der Waals surface area contributed by atoms with Crippen LogP contribution >= 0.6 is 11.8 Å². The highest BCUT2D eigenvalue weighted by molar-refractivity contribution is 7.99. The molecule has 0 atom stereocenters. The molecule has 0 nitrogen and oxygen atoms in total. The smallest absolute Gasteiger partial charge is 0.0272 e. The van der Waals surface area contributed by atoms with Crippen molar-refractivity contribution < 1.29 is 0 Å². The molecule has 6 aliphatic rings. The average Bonchev–Trinajstić information content (AvgIpc) is 3.38. The Labute approximate surface area is 269 Å². The van der Waals surface area contributed by atoms with Crippen LogP contribution in [0.15, 0.2) is 131 Å². The van der Waals surface area contributed by atoms with Gasteiger partial charge < -0.3 is 0 Å². The van der Waals surface area contributed by atoms with E-state index in [1.54, 1.807) is 11.1 Å². The van der Waals surface area contributed by atoms with Gasteiger partial charge in [-0.3, -0.25) is 0 Å². The van der Waals surface area contributed by atoms with Gasteiger partial charge in [0, 0.05) is 20.6 Å². The molecule has 4 bridgehead atoms. The van der Waals surface area contributed by atoms with Crippen molar-refractivity contribution in [3.05, 3.63) is 132 Å². The minimum absolute atomic E-state index is 0.194. The second kappa shape index (κ2) is 9.02. The summed E-state index contributed by atoms with van der Waals surface area (Å²) in [6.45, 7) is 0. The van der Waals surface area contributed by atoms with Crippen LogP contribution < -0.4 is 0 Å². The normalized spacial score (nSPS) is 26.2. The van der Waals surface area contributed by atoms with Crippen LogP contribution in [0.5, 0.6) is 0 Å². The Bertz CT molecular complexity index is 2190. The average molecular weight is 595 g/mol. The quantitative estimate of drug-likeness (QED) is 0.192. The number of hydrogen-bond donors (Lipinski definition) is 0. The molecule has 0 unspecified atom stereocenters. The van der Waals surface area contributed by atoms with Crippen LogP contribution in [0.4, 0.5) is 0 Å². The fraction of sp³-hybridized carbons (Fsp3) is 0.227. The van der Waals surface area contributed by atoms with Crippen LogP contribution in [0.2, 0.25) is 0 Å². The zero-order chi connectivity index (χ0) is 29.3. The maximum atomic E-state index is 2.53. The Kier molecular flexibility index (Phi) is 5.04. The molecular formula is C44H34S. The third-order valence-electron chi connectivity index (χ3n) is 12.5. The summed E-state index contributed by atoms with van der Waals surface area (Å²) in [5.74, 6) is 3.48. The van der Waals surface area contributed by atoms with Gasteiger partial charge in [0.2, 0.25) is 0 Å². The Morgan fingerprint density at radius 3 is 1.93 bits per heavy atom. The molecule has 12 rings (SSSR count). The summed E-state index contributed by atoms with van der Waals surface area (Å²) in [6, 6.07) is 46.7. The van der Waals surface area contributed by atoms with Crippen LogP contribution in [0, 0.1) is 23.7 Å². The van der Waals surface area contributed by atoms with Crippen molar-refractivity contribution in [2.24, 2.45) is 23.7 Å². The highest BCUT2D eigenvalue weighted by Gasteiger charge is 2.61. The highest BCUT2D eigenvalue weighted by Crippen LogP contribution is 2.70. The Balaban J connectivity index is 1.12. The standard InChI is InChI=1S/C44H34S/c1-2-11-33(32(10-1)29-18-19-40-37(25-29)35-13-5-8-28-9-6-17-41(45-40)42(28)35)34-14-7-16-39-43(34)36-12-3-4-15-38(36)44(39)30-21-26-20-27(23-30)24-31(44)22-26/h1-19,25-27,30-31H,20-24H2. The van der Waals surface area contributed by atoms with Crippen molar-refractivity contribution in [3.63, 3.8) is 0 Å². The molecule has 0 saturated heterocycles. The second-order valence-electron chi connectivity index (χ2n) is 14.5. The van der Waals surface area contributed by atoms with Crippen molar-refractivity contribution in [1.82, 2.24) is 0 Å². The van der Waals surface area contributed by atoms with Crippen molar-refractivity contribution in [2.75, 3.05) is 0 Å². The fourth-order valence-corrected chi connectivity index (χ4v) is 12.3. The molecule has 0 radical (unpaired) electrons.